The minimum atomic E-state index is 0.627. The van der Waals surface area contributed by atoms with Gasteiger partial charge in [-0.05, 0) is 54.4 Å². The Morgan fingerprint density at radius 3 is 2.04 bits per heavy atom. The van der Waals surface area contributed by atoms with E-state index in [0.717, 1.165) is 42.3 Å². The molecule has 140 valence electrons. The van der Waals surface area contributed by atoms with Crippen LogP contribution >= 0.6 is 0 Å². The summed E-state index contributed by atoms with van der Waals surface area (Å²) in [5, 5.41) is 0. The topological polar surface area (TPSA) is 27.7 Å². The van der Waals surface area contributed by atoms with Gasteiger partial charge in [-0.3, -0.25) is 0 Å². The summed E-state index contributed by atoms with van der Waals surface area (Å²) in [6, 6.07) is 25.7. The molecular weight excluding hydrogens is 336 g/mol. The lowest BCUT2D eigenvalue weighted by Gasteiger charge is -2.14. The van der Waals surface area contributed by atoms with Crippen LogP contribution < -0.4 is 14.2 Å². The Bertz CT molecular complexity index is 800. The monoisotopic (exact) mass is 362 g/mol. The third kappa shape index (κ3) is 6.07. The maximum atomic E-state index is 6.00. The van der Waals surface area contributed by atoms with Crippen molar-refractivity contribution in [2.75, 3.05) is 13.2 Å². The number of rotatable bonds is 10. The summed E-state index contributed by atoms with van der Waals surface area (Å²) in [5.74, 6) is 3.50. The number of hydrogen-bond acceptors (Lipinski definition) is 3. The number of aryl methyl sites for hydroxylation is 1. The average Bonchev–Trinajstić information content (AvgIpc) is 2.71. The molecule has 0 aliphatic rings. The first kappa shape index (κ1) is 18.8. The summed E-state index contributed by atoms with van der Waals surface area (Å²) in [6.45, 7) is 3.44. The molecule has 27 heavy (non-hydrogen) atoms. The Morgan fingerprint density at radius 2 is 1.33 bits per heavy atom. The maximum Gasteiger partial charge on any atom is 0.127 e. The van der Waals surface area contributed by atoms with Gasteiger partial charge in [-0.25, -0.2) is 0 Å². The summed E-state index contributed by atoms with van der Waals surface area (Å²) < 4.78 is 17.6. The second-order valence-corrected chi connectivity index (χ2v) is 6.30. The Labute approximate surface area is 161 Å². The van der Waals surface area contributed by atoms with Gasteiger partial charge in [0.25, 0.3) is 0 Å². The van der Waals surface area contributed by atoms with Crippen molar-refractivity contribution in [3.8, 4) is 23.0 Å². The van der Waals surface area contributed by atoms with Crippen LogP contribution in [-0.4, -0.2) is 13.2 Å². The SMILES string of the molecule is CCCc1cc(Oc2ccccc2)ccc1OCCCOc1ccccc1. The fraction of sp³-hybridized carbons (Fsp3) is 0.250. The molecule has 0 amide bonds. The van der Waals surface area contributed by atoms with Gasteiger partial charge in [0, 0.05) is 6.42 Å². The molecule has 0 spiro atoms. The molecule has 0 N–H and O–H groups in total. The normalized spacial score (nSPS) is 10.4. The molecule has 3 aromatic rings. The Morgan fingerprint density at radius 1 is 0.667 bits per heavy atom. The standard InChI is InChI=1S/C24H26O3/c1-2-10-20-19-23(27-22-13-7-4-8-14-22)15-16-24(20)26-18-9-17-25-21-11-5-3-6-12-21/h3-8,11-16,19H,2,9-10,17-18H2,1H3. The Kier molecular flexibility index (Phi) is 7.16. The van der Waals surface area contributed by atoms with E-state index in [1.54, 1.807) is 0 Å². The van der Waals surface area contributed by atoms with Crippen LogP contribution in [0.5, 0.6) is 23.0 Å². The van der Waals surface area contributed by atoms with Crippen LogP contribution in [-0.2, 0) is 6.42 Å². The van der Waals surface area contributed by atoms with Gasteiger partial charge >= 0.3 is 0 Å². The van der Waals surface area contributed by atoms with Crippen molar-refractivity contribution < 1.29 is 14.2 Å². The average molecular weight is 362 g/mol. The highest BCUT2D eigenvalue weighted by Crippen LogP contribution is 2.29. The van der Waals surface area contributed by atoms with Crippen molar-refractivity contribution in [1.82, 2.24) is 0 Å². The van der Waals surface area contributed by atoms with E-state index in [9.17, 15) is 0 Å². The lowest BCUT2D eigenvalue weighted by atomic mass is 10.1. The van der Waals surface area contributed by atoms with Crippen LogP contribution in [0.2, 0.25) is 0 Å². The number of benzene rings is 3. The highest BCUT2D eigenvalue weighted by Gasteiger charge is 2.07. The molecular formula is C24H26O3. The van der Waals surface area contributed by atoms with Crippen molar-refractivity contribution in [2.24, 2.45) is 0 Å². The second kappa shape index (κ2) is 10.3. The maximum absolute atomic E-state index is 6.00. The van der Waals surface area contributed by atoms with Gasteiger partial charge in [0.15, 0.2) is 0 Å². The lowest BCUT2D eigenvalue weighted by molar-refractivity contribution is 0.246. The van der Waals surface area contributed by atoms with E-state index < -0.39 is 0 Å². The van der Waals surface area contributed by atoms with Crippen LogP contribution in [0.1, 0.15) is 25.3 Å². The molecule has 0 radical (unpaired) electrons. The molecule has 0 fully saturated rings. The van der Waals surface area contributed by atoms with Crippen molar-refractivity contribution in [1.29, 1.82) is 0 Å². The Hall–Kier alpha value is -2.94. The number of para-hydroxylation sites is 2. The van der Waals surface area contributed by atoms with E-state index in [1.165, 1.54) is 5.56 Å². The first-order valence-electron chi connectivity index (χ1n) is 9.51. The fourth-order valence-corrected chi connectivity index (χ4v) is 2.80. The highest BCUT2D eigenvalue weighted by molar-refractivity contribution is 5.42. The predicted molar refractivity (Wildman–Crippen MR) is 109 cm³/mol. The van der Waals surface area contributed by atoms with Crippen molar-refractivity contribution in [3.63, 3.8) is 0 Å². The van der Waals surface area contributed by atoms with Gasteiger partial charge in [0.1, 0.15) is 23.0 Å². The number of hydrogen-bond donors (Lipinski definition) is 0. The molecule has 0 atom stereocenters. The summed E-state index contributed by atoms with van der Waals surface area (Å²) >= 11 is 0. The van der Waals surface area contributed by atoms with Gasteiger partial charge in [-0.15, -0.1) is 0 Å². The van der Waals surface area contributed by atoms with Crippen molar-refractivity contribution in [2.45, 2.75) is 26.2 Å². The fourth-order valence-electron chi connectivity index (χ4n) is 2.80. The zero-order chi connectivity index (χ0) is 18.7. The summed E-state index contributed by atoms with van der Waals surface area (Å²) in [5.41, 5.74) is 1.18. The molecule has 0 aromatic heterocycles. The molecule has 0 unspecified atom stereocenters. The van der Waals surface area contributed by atoms with Crippen LogP contribution in [0.15, 0.2) is 78.9 Å². The van der Waals surface area contributed by atoms with E-state index in [2.05, 4.69) is 13.0 Å². The lowest BCUT2D eigenvalue weighted by Crippen LogP contribution is -2.06. The Balaban J connectivity index is 1.53. The third-order valence-corrected chi connectivity index (χ3v) is 4.09. The molecule has 3 nitrogen and oxygen atoms in total. The summed E-state index contributed by atoms with van der Waals surface area (Å²) in [6.07, 6.45) is 2.85. The molecule has 0 bridgehead atoms. The molecule has 0 saturated carbocycles. The van der Waals surface area contributed by atoms with Gasteiger partial charge < -0.3 is 14.2 Å². The van der Waals surface area contributed by atoms with Crippen LogP contribution in [0.4, 0.5) is 0 Å². The molecule has 3 aromatic carbocycles. The zero-order valence-corrected chi connectivity index (χ0v) is 15.8. The molecule has 3 heteroatoms. The third-order valence-electron chi connectivity index (χ3n) is 4.09. The van der Waals surface area contributed by atoms with Crippen LogP contribution in [0.25, 0.3) is 0 Å². The molecule has 0 aliphatic heterocycles. The van der Waals surface area contributed by atoms with Gasteiger partial charge in [-0.1, -0.05) is 49.7 Å². The highest BCUT2D eigenvalue weighted by atomic mass is 16.5. The van der Waals surface area contributed by atoms with E-state index >= 15 is 0 Å². The van der Waals surface area contributed by atoms with Crippen LogP contribution in [0, 0.1) is 0 Å². The zero-order valence-electron chi connectivity index (χ0n) is 15.8. The van der Waals surface area contributed by atoms with Crippen molar-refractivity contribution in [3.05, 3.63) is 84.4 Å². The summed E-state index contributed by atoms with van der Waals surface area (Å²) in [7, 11) is 0. The minimum absolute atomic E-state index is 0.627. The van der Waals surface area contributed by atoms with E-state index in [1.807, 2.05) is 72.8 Å². The van der Waals surface area contributed by atoms with Crippen LogP contribution in [0.3, 0.4) is 0 Å². The van der Waals surface area contributed by atoms with Gasteiger partial charge in [0.2, 0.25) is 0 Å². The van der Waals surface area contributed by atoms with Crippen molar-refractivity contribution >= 4 is 0 Å². The van der Waals surface area contributed by atoms with E-state index in [0.29, 0.717) is 13.2 Å². The van der Waals surface area contributed by atoms with Gasteiger partial charge in [-0.2, -0.15) is 0 Å². The minimum Gasteiger partial charge on any atom is -0.493 e. The second-order valence-electron chi connectivity index (χ2n) is 6.30. The first-order chi connectivity index (χ1) is 13.3. The number of ether oxygens (including phenoxy) is 3. The summed E-state index contributed by atoms with van der Waals surface area (Å²) in [4.78, 5) is 0. The molecule has 3 rings (SSSR count). The molecule has 0 aliphatic carbocycles. The van der Waals surface area contributed by atoms with Gasteiger partial charge in [0.05, 0.1) is 13.2 Å². The smallest absolute Gasteiger partial charge is 0.127 e. The first-order valence-corrected chi connectivity index (χ1v) is 9.51. The largest absolute Gasteiger partial charge is 0.493 e. The van der Waals surface area contributed by atoms with E-state index in [4.69, 9.17) is 14.2 Å². The molecule has 0 saturated heterocycles. The quantitative estimate of drug-likeness (QED) is 0.397. The predicted octanol–water partition coefficient (Wildman–Crippen LogP) is 6.28. The molecule has 0 heterocycles. The van der Waals surface area contributed by atoms with E-state index in [-0.39, 0.29) is 0 Å².